The van der Waals surface area contributed by atoms with E-state index in [1.54, 1.807) is 0 Å². The fourth-order valence-electron chi connectivity index (χ4n) is 1.80. The van der Waals surface area contributed by atoms with E-state index in [-0.39, 0.29) is 5.92 Å². The molecule has 1 aliphatic carbocycles. The van der Waals surface area contributed by atoms with E-state index in [1.807, 2.05) is 6.92 Å². The topological polar surface area (TPSA) is 44.0 Å². The van der Waals surface area contributed by atoms with Gasteiger partial charge in [-0.1, -0.05) is 26.7 Å². The van der Waals surface area contributed by atoms with Gasteiger partial charge in [0, 0.05) is 0 Å². The van der Waals surface area contributed by atoms with Crippen molar-refractivity contribution in [2.45, 2.75) is 45.6 Å². The fraction of sp³-hybridized carbons (Fsp3) is 0.900. The molecule has 0 aliphatic heterocycles. The van der Waals surface area contributed by atoms with Gasteiger partial charge in [0.25, 0.3) is 0 Å². The van der Waals surface area contributed by atoms with E-state index in [4.69, 9.17) is 5.26 Å². The summed E-state index contributed by atoms with van der Waals surface area (Å²) in [4.78, 5) is 0. The van der Waals surface area contributed by atoms with Gasteiger partial charge in [0.2, 0.25) is 0 Å². The SMILES string of the molecule is CCC(C)C(O)C1(C#N)CCC1. The first kappa shape index (κ1) is 9.54. The molecule has 1 aliphatic rings. The first-order valence-corrected chi connectivity index (χ1v) is 4.75. The van der Waals surface area contributed by atoms with Gasteiger partial charge in [-0.05, 0) is 18.8 Å². The van der Waals surface area contributed by atoms with Gasteiger partial charge in [-0.25, -0.2) is 0 Å². The van der Waals surface area contributed by atoms with Crippen LogP contribution in [0.15, 0.2) is 0 Å². The summed E-state index contributed by atoms with van der Waals surface area (Å²) in [6, 6.07) is 2.28. The molecule has 12 heavy (non-hydrogen) atoms. The van der Waals surface area contributed by atoms with Crippen LogP contribution in [0.2, 0.25) is 0 Å². The predicted molar refractivity (Wildman–Crippen MR) is 47.4 cm³/mol. The normalized spacial score (nSPS) is 25.2. The van der Waals surface area contributed by atoms with E-state index >= 15 is 0 Å². The predicted octanol–water partition coefficient (Wildman–Crippen LogP) is 2.09. The van der Waals surface area contributed by atoms with E-state index in [0.29, 0.717) is 0 Å². The quantitative estimate of drug-likeness (QED) is 0.699. The Bertz CT molecular complexity index is 191. The summed E-state index contributed by atoms with van der Waals surface area (Å²) < 4.78 is 0. The highest BCUT2D eigenvalue weighted by Gasteiger charge is 2.45. The van der Waals surface area contributed by atoms with Gasteiger partial charge >= 0.3 is 0 Å². The third-order valence-corrected chi connectivity index (χ3v) is 3.22. The van der Waals surface area contributed by atoms with Crippen molar-refractivity contribution < 1.29 is 5.11 Å². The molecular weight excluding hydrogens is 150 g/mol. The molecule has 1 N–H and O–H groups in total. The Balaban J connectivity index is 2.61. The van der Waals surface area contributed by atoms with Crippen molar-refractivity contribution in [3.8, 4) is 6.07 Å². The second-order valence-electron chi connectivity index (χ2n) is 3.95. The maximum Gasteiger partial charge on any atom is 0.0834 e. The zero-order valence-electron chi connectivity index (χ0n) is 7.88. The molecule has 1 fully saturated rings. The summed E-state index contributed by atoms with van der Waals surface area (Å²) in [5.41, 5.74) is -0.393. The van der Waals surface area contributed by atoms with Gasteiger partial charge in [-0.2, -0.15) is 5.26 Å². The number of aliphatic hydroxyl groups excluding tert-OH is 1. The molecule has 0 spiro atoms. The second-order valence-corrected chi connectivity index (χ2v) is 3.95. The van der Waals surface area contributed by atoms with E-state index in [9.17, 15) is 5.11 Å². The molecule has 2 nitrogen and oxygen atoms in total. The maximum absolute atomic E-state index is 9.87. The number of rotatable bonds is 3. The summed E-state index contributed by atoms with van der Waals surface area (Å²) in [7, 11) is 0. The van der Waals surface area contributed by atoms with Crippen molar-refractivity contribution in [1.82, 2.24) is 0 Å². The molecule has 0 saturated heterocycles. The molecule has 0 aromatic rings. The van der Waals surface area contributed by atoms with Crippen molar-refractivity contribution in [1.29, 1.82) is 5.26 Å². The van der Waals surface area contributed by atoms with Gasteiger partial charge in [-0.15, -0.1) is 0 Å². The molecule has 68 valence electrons. The second kappa shape index (κ2) is 3.45. The van der Waals surface area contributed by atoms with Crippen molar-refractivity contribution in [3.05, 3.63) is 0 Å². The summed E-state index contributed by atoms with van der Waals surface area (Å²) in [5.74, 6) is 0.255. The van der Waals surface area contributed by atoms with Crippen LogP contribution in [-0.2, 0) is 0 Å². The monoisotopic (exact) mass is 167 g/mol. The molecule has 1 rings (SSSR count). The zero-order valence-corrected chi connectivity index (χ0v) is 7.88. The number of hydrogen-bond donors (Lipinski definition) is 1. The standard InChI is InChI=1S/C10H17NO/c1-3-8(2)9(12)10(7-11)5-4-6-10/h8-9,12H,3-6H2,1-2H3. The van der Waals surface area contributed by atoms with Crippen LogP contribution in [0.3, 0.4) is 0 Å². The smallest absolute Gasteiger partial charge is 0.0834 e. The highest BCUT2D eigenvalue weighted by molar-refractivity contribution is 5.09. The maximum atomic E-state index is 9.87. The minimum atomic E-state index is -0.416. The lowest BCUT2D eigenvalue weighted by Gasteiger charge is -2.41. The average Bonchev–Trinajstić information content (AvgIpc) is 2.02. The average molecular weight is 167 g/mol. The number of nitrogens with zero attached hydrogens (tertiary/aromatic N) is 1. The van der Waals surface area contributed by atoms with Crippen LogP contribution < -0.4 is 0 Å². The fourth-order valence-corrected chi connectivity index (χ4v) is 1.80. The Labute approximate surface area is 74.2 Å². The molecule has 2 atom stereocenters. The highest BCUT2D eigenvalue weighted by atomic mass is 16.3. The Kier molecular flexibility index (Phi) is 2.74. The molecular formula is C10H17NO. The summed E-state index contributed by atoms with van der Waals surface area (Å²) in [6.07, 6.45) is 3.40. The van der Waals surface area contributed by atoms with E-state index in [2.05, 4.69) is 13.0 Å². The van der Waals surface area contributed by atoms with Gasteiger partial charge in [0.05, 0.1) is 17.6 Å². The lowest BCUT2D eigenvalue weighted by Crippen LogP contribution is -2.43. The Morgan fingerprint density at radius 2 is 2.17 bits per heavy atom. The lowest BCUT2D eigenvalue weighted by atomic mass is 9.63. The molecule has 0 heterocycles. The van der Waals surface area contributed by atoms with Crippen LogP contribution >= 0.6 is 0 Å². The van der Waals surface area contributed by atoms with Crippen LogP contribution in [0, 0.1) is 22.7 Å². The van der Waals surface area contributed by atoms with Crippen LogP contribution in [0.1, 0.15) is 39.5 Å². The molecule has 1 saturated carbocycles. The van der Waals surface area contributed by atoms with Crippen LogP contribution in [0.5, 0.6) is 0 Å². The number of hydrogen-bond acceptors (Lipinski definition) is 2. The van der Waals surface area contributed by atoms with Gasteiger partial charge in [-0.3, -0.25) is 0 Å². The van der Waals surface area contributed by atoms with Crippen LogP contribution in [-0.4, -0.2) is 11.2 Å². The highest BCUT2D eigenvalue weighted by Crippen LogP contribution is 2.45. The third kappa shape index (κ3) is 1.34. The first-order valence-electron chi connectivity index (χ1n) is 4.75. The Morgan fingerprint density at radius 1 is 1.58 bits per heavy atom. The molecule has 0 aromatic heterocycles. The van der Waals surface area contributed by atoms with Crippen molar-refractivity contribution in [2.75, 3.05) is 0 Å². The van der Waals surface area contributed by atoms with Gasteiger partial charge < -0.3 is 5.11 Å². The van der Waals surface area contributed by atoms with Crippen LogP contribution in [0.25, 0.3) is 0 Å². The van der Waals surface area contributed by atoms with Crippen molar-refractivity contribution >= 4 is 0 Å². The summed E-state index contributed by atoms with van der Waals surface area (Å²) in [5, 5.41) is 18.8. The largest absolute Gasteiger partial charge is 0.391 e. The first-order chi connectivity index (χ1) is 5.66. The van der Waals surface area contributed by atoms with E-state index in [1.165, 1.54) is 0 Å². The summed E-state index contributed by atoms with van der Waals surface area (Å²) >= 11 is 0. The molecule has 0 radical (unpaired) electrons. The third-order valence-electron chi connectivity index (χ3n) is 3.22. The number of nitriles is 1. The Morgan fingerprint density at radius 3 is 2.42 bits per heavy atom. The molecule has 2 heteroatoms. The van der Waals surface area contributed by atoms with E-state index < -0.39 is 11.5 Å². The molecule has 0 amide bonds. The number of aliphatic hydroxyl groups is 1. The van der Waals surface area contributed by atoms with Gasteiger partial charge in [0.15, 0.2) is 0 Å². The van der Waals surface area contributed by atoms with Crippen LogP contribution in [0.4, 0.5) is 0 Å². The lowest BCUT2D eigenvalue weighted by molar-refractivity contribution is -0.0266. The minimum absolute atomic E-state index is 0.255. The van der Waals surface area contributed by atoms with E-state index in [0.717, 1.165) is 25.7 Å². The summed E-state index contributed by atoms with van der Waals surface area (Å²) in [6.45, 7) is 4.07. The molecule has 2 unspecified atom stereocenters. The van der Waals surface area contributed by atoms with Crippen molar-refractivity contribution in [3.63, 3.8) is 0 Å². The van der Waals surface area contributed by atoms with Crippen molar-refractivity contribution in [2.24, 2.45) is 11.3 Å². The molecule has 0 bridgehead atoms. The van der Waals surface area contributed by atoms with Gasteiger partial charge in [0.1, 0.15) is 0 Å². The minimum Gasteiger partial charge on any atom is -0.391 e. The Hall–Kier alpha value is -0.550. The zero-order chi connectivity index (χ0) is 9.19. The molecule has 0 aromatic carbocycles.